The maximum atomic E-state index is 12.5. The van der Waals surface area contributed by atoms with Crippen molar-refractivity contribution in [3.8, 4) is 0 Å². The predicted molar refractivity (Wildman–Crippen MR) is 87.5 cm³/mol. The minimum absolute atomic E-state index is 0.0395. The molecule has 0 saturated heterocycles. The molecule has 1 N–H and O–H groups in total. The molecule has 23 heavy (non-hydrogen) atoms. The van der Waals surface area contributed by atoms with Gasteiger partial charge in [-0.05, 0) is 0 Å². The lowest BCUT2D eigenvalue weighted by Gasteiger charge is -2.15. The fraction of sp³-hybridized carbons (Fsp3) is 0.222. The molecule has 5 nitrogen and oxygen atoms in total. The van der Waals surface area contributed by atoms with E-state index < -0.39 is 5.41 Å². The van der Waals surface area contributed by atoms with Crippen LogP contribution < -0.4 is 0 Å². The van der Waals surface area contributed by atoms with E-state index in [0.717, 1.165) is 0 Å². The van der Waals surface area contributed by atoms with Gasteiger partial charge in [-0.3, -0.25) is 9.59 Å². The van der Waals surface area contributed by atoms with Crippen LogP contribution in [0.3, 0.4) is 0 Å². The molecule has 3 rings (SSSR count). The number of nitrogens with one attached hydrogen (secondary N) is 1. The summed E-state index contributed by atoms with van der Waals surface area (Å²) in [6, 6.07) is 8.89. The first-order chi connectivity index (χ1) is 10.9. The number of ketones is 2. The number of benzene rings is 1. The molecule has 116 valence electrons. The van der Waals surface area contributed by atoms with Crippen LogP contribution in [0.4, 0.5) is 0 Å². The van der Waals surface area contributed by atoms with Crippen molar-refractivity contribution in [1.82, 2.24) is 15.0 Å². The van der Waals surface area contributed by atoms with E-state index in [1.165, 1.54) is 6.20 Å². The zero-order chi connectivity index (χ0) is 16.6. The SMILES string of the molecule is CC(C)(C)C(=O)c1c[nH]c2ncc(C(=O)c3ccccc3)nc12. The summed E-state index contributed by atoms with van der Waals surface area (Å²) in [5, 5.41) is 0. The first-order valence-corrected chi connectivity index (χ1v) is 7.36. The molecule has 0 aliphatic rings. The van der Waals surface area contributed by atoms with Gasteiger partial charge in [0, 0.05) is 17.2 Å². The maximum Gasteiger partial charge on any atom is 0.212 e. The third kappa shape index (κ3) is 2.77. The number of Topliss-reactive ketones (excluding diaryl/α,β-unsaturated/α-hetero) is 1. The molecule has 0 fully saturated rings. The van der Waals surface area contributed by atoms with Crippen LogP contribution in [-0.4, -0.2) is 26.5 Å². The van der Waals surface area contributed by atoms with Gasteiger partial charge in [0.25, 0.3) is 0 Å². The Morgan fingerprint density at radius 1 is 1.09 bits per heavy atom. The average Bonchev–Trinajstić information content (AvgIpc) is 2.96. The second-order valence-electron chi connectivity index (χ2n) is 6.43. The van der Waals surface area contributed by atoms with Crippen molar-refractivity contribution in [2.45, 2.75) is 20.8 Å². The smallest absolute Gasteiger partial charge is 0.212 e. The normalized spacial score (nSPS) is 11.6. The van der Waals surface area contributed by atoms with Gasteiger partial charge in [0.2, 0.25) is 5.78 Å². The van der Waals surface area contributed by atoms with E-state index in [1.807, 2.05) is 26.8 Å². The largest absolute Gasteiger partial charge is 0.344 e. The van der Waals surface area contributed by atoms with Gasteiger partial charge < -0.3 is 4.98 Å². The second-order valence-corrected chi connectivity index (χ2v) is 6.43. The number of hydrogen-bond acceptors (Lipinski definition) is 4. The number of H-pyrrole nitrogens is 1. The number of carbonyl (C=O) groups excluding carboxylic acids is 2. The Hall–Kier alpha value is -2.82. The van der Waals surface area contributed by atoms with E-state index >= 15 is 0 Å². The number of nitrogens with zero attached hydrogens (tertiary/aromatic N) is 2. The summed E-state index contributed by atoms with van der Waals surface area (Å²) in [6.07, 6.45) is 3.04. The van der Waals surface area contributed by atoms with Crippen LogP contribution >= 0.6 is 0 Å². The quantitative estimate of drug-likeness (QED) is 0.752. The van der Waals surface area contributed by atoms with E-state index in [9.17, 15) is 9.59 Å². The molecule has 0 unspecified atom stereocenters. The number of aromatic nitrogens is 3. The molecule has 0 amide bonds. The fourth-order valence-electron chi connectivity index (χ4n) is 2.32. The summed E-state index contributed by atoms with van der Waals surface area (Å²) in [5.74, 6) is -0.252. The molecule has 2 heterocycles. The van der Waals surface area contributed by atoms with Gasteiger partial charge in [0.1, 0.15) is 11.2 Å². The van der Waals surface area contributed by atoms with Crippen molar-refractivity contribution in [2.24, 2.45) is 5.41 Å². The van der Waals surface area contributed by atoms with Gasteiger partial charge in [-0.1, -0.05) is 51.1 Å². The standard InChI is InChI=1S/C18H17N3O2/c1-18(2,3)16(23)12-9-19-17-14(12)21-13(10-20-17)15(22)11-7-5-4-6-8-11/h4-10H,1-3H3,(H,19,20). The minimum Gasteiger partial charge on any atom is -0.344 e. The lowest BCUT2D eigenvalue weighted by atomic mass is 9.87. The van der Waals surface area contributed by atoms with E-state index in [-0.39, 0.29) is 17.3 Å². The summed E-state index contributed by atoms with van der Waals surface area (Å²) < 4.78 is 0. The zero-order valence-electron chi connectivity index (χ0n) is 13.3. The van der Waals surface area contributed by atoms with Gasteiger partial charge in [0.15, 0.2) is 11.4 Å². The van der Waals surface area contributed by atoms with Crippen molar-refractivity contribution in [3.05, 3.63) is 59.5 Å². The van der Waals surface area contributed by atoms with Crippen LogP contribution in [0.5, 0.6) is 0 Å². The predicted octanol–water partition coefficient (Wildman–Crippen LogP) is 3.42. The van der Waals surface area contributed by atoms with Gasteiger partial charge in [-0.15, -0.1) is 0 Å². The molecule has 0 spiro atoms. The maximum absolute atomic E-state index is 12.5. The topological polar surface area (TPSA) is 75.7 Å². The fourth-order valence-corrected chi connectivity index (χ4v) is 2.32. The van der Waals surface area contributed by atoms with Crippen molar-refractivity contribution in [1.29, 1.82) is 0 Å². The van der Waals surface area contributed by atoms with Crippen molar-refractivity contribution in [3.63, 3.8) is 0 Å². The highest BCUT2D eigenvalue weighted by atomic mass is 16.1. The Morgan fingerprint density at radius 2 is 1.78 bits per heavy atom. The Bertz CT molecular complexity index is 890. The molecule has 0 bridgehead atoms. The zero-order valence-corrected chi connectivity index (χ0v) is 13.3. The molecular formula is C18H17N3O2. The highest BCUT2D eigenvalue weighted by Gasteiger charge is 2.26. The van der Waals surface area contributed by atoms with Gasteiger partial charge in [0.05, 0.1) is 11.8 Å². The number of hydrogen-bond donors (Lipinski definition) is 1. The summed E-state index contributed by atoms with van der Waals surface area (Å²) in [4.78, 5) is 36.6. The van der Waals surface area contributed by atoms with Crippen LogP contribution in [0.15, 0.2) is 42.7 Å². The Morgan fingerprint density at radius 3 is 2.43 bits per heavy atom. The average molecular weight is 307 g/mol. The highest BCUT2D eigenvalue weighted by molar-refractivity contribution is 6.11. The third-order valence-electron chi connectivity index (χ3n) is 3.58. The monoisotopic (exact) mass is 307 g/mol. The summed E-state index contributed by atoms with van der Waals surface area (Å²) in [6.45, 7) is 5.54. The molecule has 0 aliphatic carbocycles. The molecule has 5 heteroatoms. The van der Waals surface area contributed by atoms with E-state index in [4.69, 9.17) is 0 Å². The first kappa shape index (κ1) is 15.1. The van der Waals surface area contributed by atoms with Crippen LogP contribution in [0.2, 0.25) is 0 Å². The van der Waals surface area contributed by atoms with E-state index in [0.29, 0.717) is 22.3 Å². The van der Waals surface area contributed by atoms with Crippen LogP contribution in [0.25, 0.3) is 11.2 Å². The minimum atomic E-state index is -0.532. The lowest BCUT2D eigenvalue weighted by Crippen LogP contribution is -2.20. The van der Waals surface area contributed by atoms with Crippen LogP contribution in [-0.2, 0) is 0 Å². The van der Waals surface area contributed by atoms with Crippen LogP contribution in [0.1, 0.15) is 47.2 Å². The van der Waals surface area contributed by atoms with Crippen molar-refractivity contribution < 1.29 is 9.59 Å². The van der Waals surface area contributed by atoms with Crippen molar-refractivity contribution in [2.75, 3.05) is 0 Å². The molecule has 0 radical (unpaired) electrons. The number of aromatic amines is 1. The summed E-state index contributed by atoms with van der Waals surface area (Å²) in [5.41, 5.74) is 1.64. The number of rotatable bonds is 3. The molecule has 1 aromatic carbocycles. The highest BCUT2D eigenvalue weighted by Crippen LogP contribution is 2.25. The molecule has 0 aliphatic heterocycles. The number of fused-ring (bicyclic) bond motifs is 1. The molecule has 0 atom stereocenters. The summed E-state index contributed by atoms with van der Waals surface area (Å²) >= 11 is 0. The first-order valence-electron chi connectivity index (χ1n) is 7.36. The van der Waals surface area contributed by atoms with E-state index in [1.54, 1.807) is 30.5 Å². The second kappa shape index (κ2) is 5.43. The molecule has 3 aromatic rings. The third-order valence-corrected chi connectivity index (χ3v) is 3.58. The van der Waals surface area contributed by atoms with Crippen LogP contribution in [0, 0.1) is 5.41 Å². The molecule has 0 saturated carbocycles. The van der Waals surface area contributed by atoms with Crippen molar-refractivity contribution >= 4 is 22.7 Å². The summed E-state index contributed by atoms with van der Waals surface area (Å²) in [7, 11) is 0. The number of carbonyl (C=O) groups is 2. The Balaban J connectivity index is 2.08. The Kier molecular flexibility index (Phi) is 3.56. The van der Waals surface area contributed by atoms with Gasteiger partial charge in [-0.2, -0.15) is 0 Å². The molecule has 2 aromatic heterocycles. The lowest BCUT2D eigenvalue weighted by molar-refractivity contribution is 0.0859. The van der Waals surface area contributed by atoms with Gasteiger partial charge in [-0.25, -0.2) is 9.97 Å². The Labute approximate surface area is 133 Å². The van der Waals surface area contributed by atoms with E-state index in [2.05, 4.69) is 15.0 Å². The molecular weight excluding hydrogens is 290 g/mol. The van der Waals surface area contributed by atoms with Gasteiger partial charge >= 0.3 is 0 Å².